The van der Waals surface area contributed by atoms with Crippen molar-refractivity contribution in [3.8, 4) is 17.0 Å². The molecule has 1 fully saturated rings. The maximum Gasteiger partial charge on any atom is 0.257 e. The molecule has 2 aromatic carbocycles. The van der Waals surface area contributed by atoms with Crippen LogP contribution < -0.4 is 15.0 Å². The van der Waals surface area contributed by atoms with Crippen molar-refractivity contribution in [3.05, 3.63) is 64.6 Å². The molecule has 1 saturated heterocycles. The highest BCUT2D eigenvalue weighted by molar-refractivity contribution is 6.33. The van der Waals surface area contributed by atoms with E-state index >= 15 is 0 Å². The zero-order valence-electron chi connectivity index (χ0n) is 17.3. The average Bonchev–Trinajstić information content (AvgIpc) is 3.15. The van der Waals surface area contributed by atoms with Gasteiger partial charge in [0.2, 0.25) is 0 Å². The Morgan fingerprint density at radius 2 is 1.94 bits per heavy atom. The van der Waals surface area contributed by atoms with Crippen LogP contribution in [0.1, 0.15) is 29.0 Å². The van der Waals surface area contributed by atoms with Crippen LogP contribution >= 0.6 is 11.6 Å². The molecule has 6 nitrogen and oxygen atoms in total. The van der Waals surface area contributed by atoms with Crippen molar-refractivity contribution in [3.63, 3.8) is 0 Å². The largest absolute Gasteiger partial charge is 0.497 e. The smallest absolute Gasteiger partial charge is 0.257 e. The second-order valence-electron chi connectivity index (χ2n) is 7.49. The lowest BCUT2D eigenvalue weighted by molar-refractivity contribution is 0.0930. The monoisotopic (exact) mass is 443 g/mol. The van der Waals surface area contributed by atoms with E-state index in [4.69, 9.17) is 20.9 Å². The van der Waals surface area contributed by atoms with Gasteiger partial charge in [-0.2, -0.15) is 0 Å². The minimum atomic E-state index is -0.553. The first-order valence-electron chi connectivity index (χ1n) is 10.1. The summed E-state index contributed by atoms with van der Waals surface area (Å²) in [6.07, 6.45) is 1.58. The Balaban J connectivity index is 1.45. The van der Waals surface area contributed by atoms with Crippen LogP contribution in [-0.2, 0) is 0 Å². The number of halogens is 2. The minimum Gasteiger partial charge on any atom is -0.497 e. The molecule has 8 heteroatoms. The lowest BCUT2D eigenvalue weighted by atomic mass is 10.0. The fourth-order valence-corrected chi connectivity index (χ4v) is 4.12. The van der Waals surface area contributed by atoms with Gasteiger partial charge in [-0.1, -0.05) is 22.8 Å². The van der Waals surface area contributed by atoms with Crippen molar-refractivity contribution in [2.75, 3.05) is 25.1 Å². The van der Waals surface area contributed by atoms with E-state index in [-0.39, 0.29) is 33.8 Å². The second-order valence-corrected chi connectivity index (χ2v) is 7.90. The van der Waals surface area contributed by atoms with Gasteiger partial charge in [0.15, 0.2) is 0 Å². The first-order chi connectivity index (χ1) is 15.0. The highest BCUT2D eigenvalue weighted by Gasteiger charge is 2.28. The second kappa shape index (κ2) is 8.98. The van der Waals surface area contributed by atoms with E-state index in [1.807, 2.05) is 24.3 Å². The van der Waals surface area contributed by atoms with E-state index in [0.29, 0.717) is 5.76 Å². The van der Waals surface area contributed by atoms with Crippen LogP contribution in [0.5, 0.6) is 5.75 Å². The van der Waals surface area contributed by atoms with Gasteiger partial charge >= 0.3 is 0 Å². The third-order valence-electron chi connectivity index (χ3n) is 5.56. The molecular weight excluding hydrogens is 421 g/mol. The summed E-state index contributed by atoms with van der Waals surface area (Å²) in [5, 5.41) is 7.14. The molecule has 162 valence electrons. The number of aryl methyl sites for hydroxylation is 1. The van der Waals surface area contributed by atoms with Crippen molar-refractivity contribution in [2.45, 2.75) is 25.8 Å². The molecule has 0 unspecified atom stereocenters. The normalized spacial score (nSPS) is 14.5. The number of ether oxygens (including phenoxy) is 1. The Labute approximate surface area is 184 Å². The standard InChI is InChI=1S/C23H23ClFN3O3/c1-14-20(22(27-31-14)21-18(24)4-3-5-19(21)25)23(29)26-15-10-12-28(13-11-15)16-6-8-17(30-2)9-7-16/h3-9,15H,10-13H2,1-2H3,(H,26,29). The molecule has 0 spiro atoms. The SMILES string of the molecule is COc1ccc(N2CCC(NC(=O)c3c(-c4c(F)cccc4Cl)noc3C)CC2)cc1. The summed E-state index contributed by atoms with van der Waals surface area (Å²) in [5.41, 5.74) is 1.52. The quantitative estimate of drug-likeness (QED) is 0.610. The summed E-state index contributed by atoms with van der Waals surface area (Å²) in [7, 11) is 1.64. The summed E-state index contributed by atoms with van der Waals surface area (Å²) in [6.45, 7) is 3.25. The molecule has 3 aromatic rings. The number of carbonyl (C=O) groups excluding carboxylic acids is 1. The molecule has 0 bridgehead atoms. The molecule has 1 amide bonds. The Bertz CT molecular complexity index is 1060. The molecule has 2 heterocycles. The van der Waals surface area contributed by atoms with E-state index in [2.05, 4.69) is 15.4 Å². The number of nitrogens with one attached hydrogen (secondary N) is 1. The van der Waals surface area contributed by atoms with E-state index in [1.165, 1.54) is 12.1 Å². The van der Waals surface area contributed by atoms with Gasteiger partial charge in [0.25, 0.3) is 5.91 Å². The zero-order chi connectivity index (χ0) is 22.0. The Kier molecular flexibility index (Phi) is 6.13. The number of anilines is 1. The van der Waals surface area contributed by atoms with Crippen molar-refractivity contribution < 1.29 is 18.4 Å². The van der Waals surface area contributed by atoms with Crippen molar-refractivity contribution in [2.24, 2.45) is 0 Å². The topological polar surface area (TPSA) is 67.6 Å². The molecule has 0 saturated carbocycles. The highest BCUT2D eigenvalue weighted by Crippen LogP contribution is 2.33. The number of nitrogens with zero attached hydrogens (tertiary/aromatic N) is 2. The number of hydrogen-bond acceptors (Lipinski definition) is 5. The van der Waals surface area contributed by atoms with Gasteiger partial charge in [-0.25, -0.2) is 4.39 Å². The third-order valence-corrected chi connectivity index (χ3v) is 5.87. The molecule has 0 radical (unpaired) electrons. The van der Waals surface area contributed by atoms with Gasteiger partial charge in [-0.15, -0.1) is 0 Å². The molecule has 1 aliphatic rings. The molecule has 1 aliphatic heterocycles. The summed E-state index contributed by atoms with van der Waals surface area (Å²) < 4.78 is 24.8. The maximum atomic E-state index is 14.4. The van der Waals surface area contributed by atoms with Gasteiger partial charge in [0.05, 0.1) is 17.7 Å². The number of carbonyl (C=O) groups is 1. The van der Waals surface area contributed by atoms with Crippen LogP contribution in [0.2, 0.25) is 5.02 Å². The molecule has 0 aliphatic carbocycles. The lowest BCUT2D eigenvalue weighted by Gasteiger charge is -2.34. The Morgan fingerprint density at radius 3 is 2.58 bits per heavy atom. The Hall–Kier alpha value is -3.06. The highest BCUT2D eigenvalue weighted by atomic mass is 35.5. The average molecular weight is 444 g/mol. The number of benzene rings is 2. The number of rotatable bonds is 5. The molecule has 1 aromatic heterocycles. The fraction of sp³-hybridized carbons (Fsp3) is 0.304. The predicted molar refractivity (Wildman–Crippen MR) is 117 cm³/mol. The summed E-state index contributed by atoms with van der Waals surface area (Å²) in [5.74, 6) is 0.252. The maximum absolute atomic E-state index is 14.4. The molecular formula is C23H23ClFN3O3. The van der Waals surface area contributed by atoms with Crippen LogP contribution in [0.4, 0.5) is 10.1 Å². The van der Waals surface area contributed by atoms with Crippen molar-refractivity contribution >= 4 is 23.2 Å². The van der Waals surface area contributed by atoms with Gasteiger partial charge in [0, 0.05) is 24.8 Å². The fourth-order valence-electron chi connectivity index (χ4n) is 3.87. The molecule has 0 atom stereocenters. The minimum absolute atomic E-state index is 0.000223. The van der Waals surface area contributed by atoms with Crippen molar-refractivity contribution in [1.29, 1.82) is 0 Å². The van der Waals surface area contributed by atoms with E-state index < -0.39 is 5.82 Å². The summed E-state index contributed by atoms with van der Waals surface area (Å²) in [6, 6.07) is 12.3. The van der Waals surface area contributed by atoms with Crippen molar-refractivity contribution in [1.82, 2.24) is 10.5 Å². The summed E-state index contributed by atoms with van der Waals surface area (Å²) >= 11 is 6.17. The number of methoxy groups -OCH3 is 1. The third kappa shape index (κ3) is 4.37. The number of amides is 1. The van der Waals surface area contributed by atoms with Crippen LogP contribution in [-0.4, -0.2) is 37.3 Å². The van der Waals surface area contributed by atoms with E-state index in [0.717, 1.165) is 37.4 Å². The predicted octanol–water partition coefficient (Wildman–Crippen LogP) is 4.85. The van der Waals surface area contributed by atoms with E-state index in [1.54, 1.807) is 20.1 Å². The van der Waals surface area contributed by atoms with Gasteiger partial charge < -0.3 is 19.5 Å². The lowest BCUT2D eigenvalue weighted by Crippen LogP contribution is -2.44. The number of piperidine rings is 1. The van der Waals surface area contributed by atoms with Crippen LogP contribution in [0.15, 0.2) is 47.0 Å². The van der Waals surface area contributed by atoms with Crippen LogP contribution in [0.3, 0.4) is 0 Å². The number of hydrogen-bond donors (Lipinski definition) is 1. The summed E-state index contributed by atoms with van der Waals surface area (Å²) in [4.78, 5) is 15.3. The first-order valence-corrected chi connectivity index (χ1v) is 10.5. The molecule has 1 N–H and O–H groups in total. The number of aromatic nitrogens is 1. The zero-order valence-corrected chi connectivity index (χ0v) is 18.1. The van der Waals surface area contributed by atoms with Gasteiger partial charge in [-0.05, 0) is 56.2 Å². The van der Waals surface area contributed by atoms with Crippen LogP contribution in [0.25, 0.3) is 11.3 Å². The molecule has 4 rings (SSSR count). The molecule has 31 heavy (non-hydrogen) atoms. The first kappa shape index (κ1) is 21.2. The van der Waals surface area contributed by atoms with E-state index in [9.17, 15) is 9.18 Å². The van der Waals surface area contributed by atoms with Gasteiger partial charge in [0.1, 0.15) is 28.6 Å². The van der Waals surface area contributed by atoms with Crippen LogP contribution in [0, 0.1) is 12.7 Å². The Morgan fingerprint density at radius 1 is 1.23 bits per heavy atom. The van der Waals surface area contributed by atoms with Gasteiger partial charge in [-0.3, -0.25) is 4.79 Å².